The van der Waals surface area contributed by atoms with Crippen molar-refractivity contribution < 1.29 is 14.7 Å². The molecule has 1 saturated heterocycles. The molecule has 1 fully saturated rings. The van der Waals surface area contributed by atoms with Gasteiger partial charge >= 0.3 is 12.0 Å². The Hall–Kier alpha value is -2.28. The minimum atomic E-state index is -0.901. The Labute approximate surface area is 211 Å². The van der Waals surface area contributed by atoms with E-state index >= 15 is 0 Å². The maximum Gasteiger partial charge on any atom is 0.319 e. The smallest absolute Gasteiger partial charge is 0.319 e. The van der Waals surface area contributed by atoms with E-state index in [4.69, 9.17) is 28.3 Å². The number of carbonyl (C=O) groups is 2. The summed E-state index contributed by atoms with van der Waals surface area (Å²) in [4.78, 5) is 26.0. The van der Waals surface area contributed by atoms with Gasteiger partial charge in [-0.05, 0) is 79.6 Å². The predicted molar refractivity (Wildman–Crippen MR) is 138 cm³/mol. The van der Waals surface area contributed by atoms with Crippen molar-refractivity contribution in [2.24, 2.45) is 11.8 Å². The second-order valence-electron chi connectivity index (χ2n) is 9.42. The molecule has 1 heterocycles. The number of carboxylic acids is 1. The highest BCUT2D eigenvalue weighted by Gasteiger charge is 2.24. The Morgan fingerprint density at radius 1 is 1.06 bits per heavy atom. The molecular formula is C26H33Cl2N3O3. The lowest BCUT2D eigenvalue weighted by atomic mass is 9.89. The summed E-state index contributed by atoms with van der Waals surface area (Å²) in [6.07, 6.45) is 3.13. The average Bonchev–Trinajstić information content (AvgIpc) is 2.77. The van der Waals surface area contributed by atoms with Gasteiger partial charge in [-0.15, -0.1) is 0 Å². The molecule has 3 rings (SSSR count). The quantitative estimate of drug-likeness (QED) is 0.406. The van der Waals surface area contributed by atoms with Gasteiger partial charge in [-0.2, -0.15) is 0 Å². The number of amides is 2. The summed E-state index contributed by atoms with van der Waals surface area (Å²) in [6, 6.07) is 12.5. The second kappa shape index (κ2) is 12.4. The molecule has 0 spiro atoms. The minimum absolute atomic E-state index is 0.00817. The maximum atomic E-state index is 12.6. The van der Waals surface area contributed by atoms with Crippen LogP contribution in [0.5, 0.6) is 0 Å². The van der Waals surface area contributed by atoms with Crippen LogP contribution in [0.3, 0.4) is 0 Å². The van der Waals surface area contributed by atoms with Crippen molar-refractivity contribution in [1.82, 2.24) is 10.2 Å². The van der Waals surface area contributed by atoms with Crippen LogP contribution in [0.25, 0.3) is 0 Å². The fourth-order valence-corrected chi connectivity index (χ4v) is 4.66. The molecule has 184 valence electrons. The summed E-state index contributed by atoms with van der Waals surface area (Å²) in [7, 11) is 0. The van der Waals surface area contributed by atoms with Crippen molar-refractivity contribution in [1.29, 1.82) is 0 Å². The fourth-order valence-electron chi connectivity index (χ4n) is 4.34. The molecule has 6 nitrogen and oxygen atoms in total. The summed E-state index contributed by atoms with van der Waals surface area (Å²) < 4.78 is 0. The minimum Gasteiger partial charge on any atom is -0.481 e. The summed E-state index contributed by atoms with van der Waals surface area (Å²) in [6.45, 7) is 7.00. The molecular weight excluding hydrogens is 473 g/mol. The van der Waals surface area contributed by atoms with E-state index in [-0.39, 0.29) is 24.4 Å². The number of hydrogen-bond acceptors (Lipinski definition) is 3. The van der Waals surface area contributed by atoms with E-state index in [1.807, 2.05) is 12.1 Å². The molecule has 1 aliphatic rings. The second-order valence-corrected chi connectivity index (χ2v) is 10.2. The first-order valence-electron chi connectivity index (χ1n) is 11.7. The molecule has 0 radical (unpaired) electrons. The van der Waals surface area contributed by atoms with E-state index in [2.05, 4.69) is 35.4 Å². The number of hydrogen-bond donors (Lipinski definition) is 3. The number of urea groups is 1. The first-order valence-corrected chi connectivity index (χ1v) is 12.5. The van der Waals surface area contributed by atoms with Crippen molar-refractivity contribution in [3.05, 3.63) is 63.6 Å². The van der Waals surface area contributed by atoms with Gasteiger partial charge in [-0.1, -0.05) is 55.2 Å². The molecule has 2 aromatic carbocycles. The number of rotatable bonds is 9. The third kappa shape index (κ3) is 8.19. The van der Waals surface area contributed by atoms with Gasteiger partial charge < -0.3 is 20.6 Å². The zero-order valence-electron chi connectivity index (χ0n) is 19.7. The lowest BCUT2D eigenvalue weighted by molar-refractivity contribution is -0.136. The molecule has 0 aliphatic carbocycles. The predicted octanol–water partition coefficient (Wildman–Crippen LogP) is 5.72. The van der Waals surface area contributed by atoms with Crippen LogP contribution >= 0.6 is 23.2 Å². The zero-order chi connectivity index (χ0) is 24.7. The highest BCUT2D eigenvalue weighted by atomic mass is 35.5. The van der Waals surface area contributed by atoms with Gasteiger partial charge in [0, 0.05) is 18.3 Å². The van der Waals surface area contributed by atoms with Gasteiger partial charge in [0.25, 0.3) is 0 Å². The van der Waals surface area contributed by atoms with E-state index in [1.165, 1.54) is 5.56 Å². The fraction of sp³-hybridized carbons (Fsp3) is 0.462. The summed E-state index contributed by atoms with van der Waals surface area (Å²) in [5, 5.41) is 16.1. The highest BCUT2D eigenvalue weighted by Crippen LogP contribution is 2.27. The monoisotopic (exact) mass is 505 g/mol. The Bertz CT molecular complexity index is 991. The number of nitrogens with zero attached hydrogens (tertiary/aromatic N) is 1. The first-order chi connectivity index (χ1) is 16.2. The Kier molecular flexibility index (Phi) is 9.63. The van der Waals surface area contributed by atoms with Crippen LogP contribution in [0.4, 0.5) is 10.5 Å². The third-order valence-electron chi connectivity index (χ3n) is 6.33. The van der Waals surface area contributed by atoms with Gasteiger partial charge in [0.2, 0.25) is 0 Å². The van der Waals surface area contributed by atoms with Crippen molar-refractivity contribution in [3.63, 3.8) is 0 Å². The SMILES string of the molecule is CC(C)C(CN1CCC(Cc2ccc(Cl)c(Cl)c2)CC1)NC(=O)Nc1cccc(CC(=O)O)c1. The number of carbonyl (C=O) groups excluding carboxylic acids is 1. The standard InChI is InChI=1S/C26H33Cl2N3O3/c1-17(2)24(30-26(34)29-21-5-3-4-19(13-21)15-25(32)33)16-31-10-8-18(9-11-31)12-20-6-7-22(27)23(28)14-20/h3-7,13-14,17-18,24H,8-12,15-16H2,1-2H3,(H,32,33)(H2,29,30,34). The molecule has 1 atom stereocenters. The normalized spacial score (nSPS) is 15.8. The van der Waals surface area contributed by atoms with Crippen LogP contribution in [-0.2, 0) is 17.6 Å². The lowest BCUT2D eigenvalue weighted by Crippen LogP contribution is -2.49. The van der Waals surface area contributed by atoms with Gasteiger partial charge in [-0.3, -0.25) is 4.79 Å². The number of halogens is 2. The average molecular weight is 506 g/mol. The van der Waals surface area contributed by atoms with Crippen LogP contribution in [0.15, 0.2) is 42.5 Å². The van der Waals surface area contributed by atoms with Crippen LogP contribution in [-0.4, -0.2) is 47.7 Å². The highest BCUT2D eigenvalue weighted by molar-refractivity contribution is 6.42. The van der Waals surface area contributed by atoms with Crippen LogP contribution in [0.1, 0.15) is 37.8 Å². The third-order valence-corrected chi connectivity index (χ3v) is 7.07. The molecule has 3 N–H and O–H groups in total. The number of carboxylic acid groups (broad SMARTS) is 1. The number of nitrogens with one attached hydrogen (secondary N) is 2. The van der Waals surface area contributed by atoms with E-state index in [0.29, 0.717) is 27.2 Å². The van der Waals surface area contributed by atoms with E-state index in [9.17, 15) is 9.59 Å². The number of piperidine rings is 1. The number of anilines is 1. The summed E-state index contributed by atoms with van der Waals surface area (Å²) in [5.74, 6) is -0.0134. The summed E-state index contributed by atoms with van der Waals surface area (Å²) in [5.41, 5.74) is 2.45. The number of benzene rings is 2. The summed E-state index contributed by atoms with van der Waals surface area (Å²) >= 11 is 12.2. The van der Waals surface area contributed by atoms with Gasteiger partial charge in [0.05, 0.1) is 16.5 Å². The van der Waals surface area contributed by atoms with Crippen LogP contribution < -0.4 is 10.6 Å². The number of aliphatic carboxylic acids is 1. The molecule has 34 heavy (non-hydrogen) atoms. The lowest BCUT2D eigenvalue weighted by Gasteiger charge is -2.35. The molecule has 1 aliphatic heterocycles. The molecule has 2 amide bonds. The topological polar surface area (TPSA) is 81.7 Å². The Balaban J connectivity index is 1.48. The maximum absolute atomic E-state index is 12.6. The van der Waals surface area contributed by atoms with Crippen molar-refractivity contribution in [3.8, 4) is 0 Å². The largest absolute Gasteiger partial charge is 0.481 e. The van der Waals surface area contributed by atoms with E-state index < -0.39 is 5.97 Å². The van der Waals surface area contributed by atoms with E-state index in [1.54, 1.807) is 24.3 Å². The van der Waals surface area contributed by atoms with Crippen LogP contribution in [0, 0.1) is 11.8 Å². The van der Waals surface area contributed by atoms with Gasteiger partial charge in [-0.25, -0.2) is 4.79 Å². The Morgan fingerprint density at radius 2 is 1.79 bits per heavy atom. The zero-order valence-corrected chi connectivity index (χ0v) is 21.2. The molecule has 0 saturated carbocycles. The van der Waals surface area contributed by atoms with Crippen molar-refractivity contribution in [2.45, 2.75) is 45.6 Å². The van der Waals surface area contributed by atoms with E-state index in [0.717, 1.165) is 38.9 Å². The molecule has 0 bridgehead atoms. The first kappa shape index (κ1) is 26.3. The molecule has 0 aromatic heterocycles. The Morgan fingerprint density at radius 3 is 2.44 bits per heavy atom. The van der Waals surface area contributed by atoms with Gasteiger partial charge in [0.15, 0.2) is 0 Å². The van der Waals surface area contributed by atoms with Crippen molar-refractivity contribution >= 4 is 40.9 Å². The number of likely N-dealkylation sites (tertiary alicyclic amines) is 1. The van der Waals surface area contributed by atoms with Crippen LogP contribution in [0.2, 0.25) is 10.0 Å². The van der Waals surface area contributed by atoms with Gasteiger partial charge in [0.1, 0.15) is 0 Å². The van der Waals surface area contributed by atoms with Crippen molar-refractivity contribution in [2.75, 3.05) is 25.0 Å². The molecule has 2 aromatic rings. The molecule has 1 unspecified atom stereocenters. The molecule has 8 heteroatoms.